The molecule has 134 valence electrons. The molecule has 9 heteroatoms. The molecule has 1 aromatic heterocycles. The quantitative estimate of drug-likeness (QED) is 0.609. The van der Waals surface area contributed by atoms with Gasteiger partial charge in [-0.1, -0.05) is 6.07 Å². The summed E-state index contributed by atoms with van der Waals surface area (Å²) < 4.78 is 25.7. The second-order valence-electron chi connectivity index (χ2n) is 6.29. The first-order valence-corrected chi connectivity index (χ1v) is 9.88. The van der Waals surface area contributed by atoms with Crippen molar-refractivity contribution in [2.45, 2.75) is 23.7 Å². The molecule has 0 bridgehead atoms. The van der Waals surface area contributed by atoms with Crippen LogP contribution < -0.4 is 4.90 Å². The van der Waals surface area contributed by atoms with E-state index in [0.717, 1.165) is 24.8 Å². The molecular weight excluding hydrogens is 344 g/mol. The predicted octanol–water partition coefficient (Wildman–Crippen LogP) is 2.12. The molecule has 0 unspecified atom stereocenters. The molecule has 2 heterocycles. The van der Waals surface area contributed by atoms with Gasteiger partial charge in [-0.05, 0) is 31.0 Å². The molecule has 0 N–H and O–H groups in total. The van der Waals surface area contributed by atoms with E-state index < -0.39 is 14.8 Å². The van der Waals surface area contributed by atoms with Gasteiger partial charge in [-0.3, -0.25) is 14.8 Å². The van der Waals surface area contributed by atoms with Crippen LogP contribution in [0.2, 0.25) is 0 Å². The van der Waals surface area contributed by atoms with Crippen LogP contribution in [-0.2, 0) is 16.9 Å². The summed E-state index contributed by atoms with van der Waals surface area (Å²) in [5.74, 6) is 0.348. The van der Waals surface area contributed by atoms with Crippen molar-refractivity contribution < 1.29 is 13.3 Å². The molecule has 1 aliphatic rings. The van der Waals surface area contributed by atoms with Gasteiger partial charge in [-0.15, -0.1) is 0 Å². The maximum Gasteiger partial charge on any atom is 0.311 e. The van der Waals surface area contributed by atoms with Gasteiger partial charge in [0.05, 0.1) is 4.92 Å². The van der Waals surface area contributed by atoms with Gasteiger partial charge in [-0.25, -0.2) is 8.42 Å². The van der Waals surface area contributed by atoms with Crippen LogP contribution in [0.3, 0.4) is 0 Å². The fourth-order valence-electron chi connectivity index (χ4n) is 3.45. The minimum absolute atomic E-state index is 0.233. The van der Waals surface area contributed by atoms with Crippen molar-refractivity contribution in [3.05, 3.63) is 46.3 Å². The monoisotopic (exact) mass is 364 g/mol. The SMILES string of the molecule is Cn1nccc1C1CCN(c2cccc(S(C)(=O)=O)c2[N+](=O)[O-])CC1. The minimum Gasteiger partial charge on any atom is -0.366 e. The third-order valence-electron chi connectivity index (χ3n) is 4.67. The second kappa shape index (κ2) is 6.47. The fraction of sp³-hybridized carbons (Fsp3) is 0.438. The van der Waals surface area contributed by atoms with Crippen molar-refractivity contribution in [3.63, 3.8) is 0 Å². The lowest BCUT2D eigenvalue weighted by Gasteiger charge is -2.33. The van der Waals surface area contributed by atoms with Crippen LogP contribution >= 0.6 is 0 Å². The summed E-state index contributed by atoms with van der Waals surface area (Å²) in [6.07, 6.45) is 4.43. The molecule has 3 rings (SSSR count). The third kappa shape index (κ3) is 3.37. The van der Waals surface area contributed by atoms with E-state index in [4.69, 9.17) is 0 Å². The van der Waals surface area contributed by atoms with Crippen molar-refractivity contribution in [2.75, 3.05) is 24.2 Å². The van der Waals surface area contributed by atoms with Crippen LogP contribution in [0.5, 0.6) is 0 Å². The maximum absolute atomic E-state index is 11.9. The van der Waals surface area contributed by atoms with Gasteiger partial charge in [-0.2, -0.15) is 5.10 Å². The molecule has 0 atom stereocenters. The van der Waals surface area contributed by atoms with Gasteiger partial charge in [0.1, 0.15) is 10.6 Å². The Kier molecular flexibility index (Phi) is 4.51. The summed E-state index contributed by atoms with van der Waals surface area (Å²) in [5, 5.41) is 15.7. The highest BCUT2D eigenvalue weighted by Crippen LogP contribution is 2.38. The standard InChI is InChI=1S/C16H20N4O4S/c1-18-13(6-9-17-18)12-7-10-19(11-8-12)14-4-3-5-15(25(2,23)24)16(14)20(21)22/h3-6,9,12H,7-8,10-11H2,1-2H3. The lowest BCUT2D eigenvalue weighted by molar-refractivity contribution is -0.387. The number of anilines is 1. The number of piperidine rings is 1. The van der Waals surface area contributed by atoms with Crippen LogP contribution in [-0.4, -0.2) is 42.5 Å². The number of sulfone groups is 1. The smallest absolute Gasteiger partial charge is 0.311 e. The maximum atomic E-state index is 11.9. The first-order valence-electron chi connectivity index (χ1n) is 7.99. The first-order chi connectivity index (χ1) is 11.8. The van der Waals surface area contributed by atoms with Gasteiger partial charge in [0.2, 0.25) is 0 Å². The van der Waals surface area contributed by atoms with Crippen LogP contribution in [0.4, 0.5) is 11.4 Å². The molecule has 25 heavy (non-hydrogen) atoms. The molecule has 1 fully saturated rings. The second-order valence-corrected chi connectivity index (χ2v) is 8.28. The Morgan fingerprint density at radius 1 is 1.24 bits per heavy atom. The van der Waals surface area contributed by atoms with Gasteiger partial charge < -0.3 is 4.90 Å². The number of rotatable bonds is 4. The van der Waals surface area contributed by atoms with Crippen molar-refractivity contribution in [2.24, 2.45) is 7.05 Å². The van der Waals surface area contributed by atoms with Crippen LogP contribution in [0.25, 0.3) is 0 Å². The van der Waals surface area contributed by atoms with Crippen LogP contribution in [0, 0.1) is 10.1 Å². The summed E-state index contributed by atoms with van der Waals surface area (Å²) in [7, 11) is -1.77. The molecular formula is C16H20N4O4S. The third-order valence-corrected chi connectivity index (χ3v) is 5.80. The van der Waals surface area contributed by atoms with E-state index in [9.17, 15) is 18.5 Å². The van der Waals surface area contributed by atoms with Crippen LogP contribution in [0.15, 0.2) is 35.4 Å². The van der Waals surface area contributed by atoms with Crippen molar-refractivity contribution in [3.8, 4) is 0 Å². The van der Waals surface area contributed by atoms with Gasteiger partial charge in [0.15, 0.2) is 9.84 Å². The average molecular weight is 364 g/mol. The number of benzene rings is 1. The Labute approximate surface area is 146 Å². The zero-order chi connectivity index (χ0) is 18.2. The Hall–Kier alpha value is -2.42. The highest BCUT2D eigenvalue weighted by molar-refractivity contribution is 7.90. The zero-order valence-electron chi connectivity index (χ0n) is 14.1. The van der Waals surface area contributed by atoms with Gasteiger partial charge >= 0.3 is 5.69 Å². The molecule has 0 amide bonds. The van der Waals surface area contributed by atoms with Crippen LogP contribution in [0.1, 0.15) is 24.5 Å². The zero-order valence-corrected chi connectivity index (χ0v) is 14.9. The Morgan fingerprint density at radius 3 is 2.44 bits per heavy atom. The molecule has 1 aromatic carbocycles. The molecule has 0 aliphatic carbocycles. The molecule has 8 nitrogen and oxygen atoms in total. The van der Waals surface area contributed by atoms with E-state index in [2.05, 4.69) is 5.10 Å². The molecule has 0 radical (unpaired) electrons. The lowest BCUT2D eigenvalue weighted by Crippen LogP contribution is -2.34. The number of nitro groups is 1. The Bertz CT molecular complexity index is 899. The Morgan fingerprint density at radius 2 is 1.92 bits per heavy atom. The highest BCUT2D eigenvalue weighted by atomic mass is 32.2. The summed E-state index contributed by atoms with van der Waals surface area (Å²) in [5.41, 5.74) is 1.19. The van der Waals surface area contributed by atoms with E-state index >= 15 is 0 Å². The topological polar surface area (TPSA) is 98.3 Å². The number of hydrogen-bond donors (Lipinski definition) is 0. The first kappa shape index (κ1) is 17.4. The molecule has 0 saturated carbocycles. The van der Waals surface area contributed by atoms with E-state index in [-0.39, 0.29) is 10.6 Å². The number of aryl methyl sites for hydroxylation is 1. The van der Waals surface area contributed by atoms with Crippen molar-refractivity contribution in [1.29, 1.82) is 0 Å². The van der Waals surface area contributed by atoms with E-state index in [1.54, 1.807) is 18.3 Å². The summed E-state index contributed by atoms with van der Waals surface area (Å²) in [4.78, 5) is 12.6. The lowest BCUT2D eigenvalue weighted by atomic mass is 9.93. The highest BCUT2D eigenvalue weighted by Gasteiger charge is 2.31. The van der Waals surface area contributed by atoms with Crippen molar-refractivity contribution in [1.82, 2.24) is 9.78 Å². The average Bonchev–Trinajstić information content (AvgIpc) is 2.99. The molecule has 1 aliphatic heterocycles. The molecule has 0 spiro atoms. The Balaban J connectivity index is 1.89. The molecule has 2 aromatic rings. The normalized spacial score (nSPS) is 16.2. The summed E-state index contributed by atoms with van der Waals surface area (Å²) >= 11 is 0. The number of nitro benzene ring substituents is 1. The number of nitrogens with zero attached hydrogens (tertiary/aromatic N) is 4. The van der Waals surface area contributed by atoms with Gasteiger partial charge in [0, 0.05) is 44.2 Å². The number of hydrogen-bond acceptors (Lipinski definition) is 6. The van der Waals surface area contributed by atoms with E-state index in [0.29, 0.717) is 24.7 Å². The van der Waals surface area contributed by atoms with Gasteiger partial charge in [0.25, 0.3) is 0 Å². The number of para-hydroxylation sites is 1. The predicted molar refractivity (Wildman–Crippen MR) is 93.6 cm³/mol. The van der Waals surface area contributed by atoms with E-state index in [1.165, 1.54) is 6.07 Å². The summed E-state index contributed by atoms with van der Waals surface area (Å²) in [6.45, 7) is 1.26. The van der Waals surface area contributed by atoms with Crippen molar-refractivity contribution >= 4 is 21.2 Å². The largest absolute Gasteiger partial charge is 0.366 e. The fourth-order valence-corrected chi connectivity index (χ4v) is 4.31. The van der Waals surface area contributed by atoms with E-state index in [1.807, 2.05) is 22.7 Å². The minimum atomic E-state index is -3.67. The summed E-state index contributed by atoms with van der Waals surface area (Å²) in [6, 6.07) is 6.47. The molecule has 1 saturated heterocycles. The number of aromatic nitrogens is 2.